The normalized spacial score (nSPS) is 23.7. The molecule has 0 spiro atoms. The molecule has 1 aromatic rings. The van der Waals surface area contributed by atoms with Crippen molar-refractivity contribution >= 4 is 17.6 Å². The molecular weight excluding hydrogens is 260 g/mol. The molecule has 4 N–H and O–H groups in total. The van der Waals surface area contributed by atoms with Crippen molar-refractivity contribution in [2.24, 2.45) is 10.9 Å². The molecule has 1 saturated carbocycles. The largest absolute Gasteiger partial charge is 0.409 e. The summed E-state index contributed by atoms with van der Waals surface area (Å²) in [5, 5.41) is 16.0. The van der Waals surface area contributed by atoms with Crippen LogP contribution < -0.4 is 11.1 Å². The number of hydrogen-bond acceptors (Lipinski definition) is 5. The molecule has 2 unspecified atom stereocenters. The molecule has 2 rings (SSSR count). The summed E-state index contributed by atoms with van der Waals surface area (Å²) in [5.41, 5.74) is 7.14. The number of nitrogens with one attached hydrogen (secondary N) is 1. The summed E-state index contributed by atoms with van der Waals surface area (Å²) in [4.78, 5) is 4.07. The summed E-state index contributed by atoms with van der Waals surface area (Å²) in [5.74, 6) is 0.0464. The summed E-state index contributed by atoms with van der Waals surface area (Å²) in [6.07, 6.45) is 7.64. The lowest BCUT2D eigenvalue weighted by atomic mass is 10.2. The van der Waals surface area contributed by atoms with E-state index < -0.39 is 0 Å². The second-order valence-electron chi connectivity index (χ2n) is 4.78. The summed E-state index contributed by atoms with van der Waals surface area (Å²) in [6, 6.07) is 4.39. The molecule has 1 heterocycles. The van der Waals surface area contributed by atoms with Crippen molar-refractivity contribution in [3.63, 3.8) is 0 Å². The zero-order valence-electron chi connectivity index (χ0n) is 11.0. The molecule has 1 aliphatic rings. The average Bonchev–Trinajstić information content (AvgIpc) is 2.92. The molecule has 5 nitrogen and oxygen atoms in total. The molecule has 104 valence electrons. The van der Waals surface area contributed by atoms with E-state index in [0.717, 1.165) is 17.4 Å². The van der Waals surface area contributed by atoms with Crippen LogP contribution in [0, 0.1) is 0 Å². The third kappa shape index (κ3) is 3.84. The Labute approximate surface area is 117 Å². The molecule has 2 atom stereocenters. The smallest absolute Gasteiger partial charge is 0.188 e. The van der Waals surface area contributed by atoms with Gasteiger partial charge in [0.15, 0.2) is 5.84 Å². The van der Waals surface area contributed by atoms with Gasteiger partial charge in [-0.05, 0) is 43.2 Å². The van der Waals surface area contributed by atoms with Crippen LogP contribution in [0.4, 0.5) is 0 Å². The third-order valence-electron chi connectivity index (χ3n) is 3.51. The van der Waals surface area contributed by atoms with Crippen molar-refractivity contribution in [1.82, 2.24) is 10.3 Å². The number of rotatable bonds is 5. The van der Waals surface area contributed by atoms with Gasteiger partial charge in [-0.1, -0.05) is 5.16 Å². The molecule has 0 amide bonds. The van der Waals surface area contributed by atoms with Gasteiger partial charge < -0.3 is 16.3 Å². The first kappa shape index (κ1) is 14.1. The summed E-state index contributed by atoms with van der Waals surface area (Å²) < 4.78 is 0. The van der Waals surface area contributed by atoms with Crippen LogP contribution in [-0.4, -0.2) is 33.6 Å². The highest BCUT2D eigenvalue weighted by Gasteiger charge is 2.23. The molecule has 6 heteroatoms. The molecule has 19 heavy (non-hydrogen) atoms. The van der Waals surface area contributed by atoms with Gasteiger partial charge in [0.1, 0.15) is 5.69 Å². The minimum atomic E-state index is 0.0464. The van der Waals surface area contributed by atoms with Crippen molar-refractivity contribution in [2.45, 2.75) is 37.1 Å². The van der Waals surface area contributed by atoms with Crippen molar-refractivity contribution in [2.75, 3.05) is 6.26 Å². The fourth-order valence-electron chi connectivity index (χ4n) is 2.38. The molecule has 1 aliphatic carbocycles. The van der Waals surface area contributed by atoms with Crippen LogP contribution in [0.5, 0.6) is 0 Å². The third-order valence-corrected chi connectivity index (χ3v) is 4.60. The van der Waals surface area contributed by atoms with Crippen molar-refractivity contribution in [3.8, 4) is 0 Å². The number of nitrogens with two attached hydrogens (primary N) is 1. The fourth-order valence-corrected chi connectivity index (χ4v) is 3.17. The minimum absolute atomic E-state index is 0.0464. The second-order valence-corrected chi connectivity index (χ2v) is 5.92. The Kier molecular flexibility index (Phi) is 5.04. The molecule has 0 radical (unpaired) electrons. The van der Waals surface area contributed by atoms with Crippen LogP contribution >= 0.6 is 11.8 Å². The van der Waals surface area contributed by atoms with Gasteiger partial charge in [0.2, 0.25) is 0 Å². The van der Waals surface area contributed by atoms with E-state index in [0.29, 0.717) is 11.7 Å². The predicted molar refractivity (Wildman–Crippen MR) is 78.5 cm³/mol. The molecule has 0 aromatic carbocycles. The second kappa shape index (κ2) is 6.77. The van der Waals surface area contributed by atoms with Crippen LogP contribution in [0.3, 0.4) is 0 Å². The van der Waals surface area contributed by atoms with Crippen molar-refractivity contribution < 1.29 is 5.21 Å². The average molecular weight is 280 g/mol. The van der Waals surface area contributed by atoms with E-state index in [1.165, 1.54) is 19.3 Å². The quantitative estimate of drug-likeness (QED) is 0.330. The van der Waals surface area contributed by atoms with E-state index in [2.05, 4.69) is 21.7 Å². The maximum atomic E-state index is 8.64. The molecule has 1 aromatic heterocycles. The monoisotopic (exact) mass is 280 g/mol. The van der Waals surface area contributed by atoms with Crippen LogP contribution in [0.15, 0.2) is 23.5 Å². The number of aromatic nitrogens is 1. The number of hydrogen-bond donors (Lipinski definition) is 3. The maximum absolute atomic E-state index is 8.64. The predicted octanol–water partition coefficient (Wildman–Crippen LogP) is 1.55. The first-order chi connectivity index (χ1) is 9.22. The van der Waals surface area contributed by atoms with E-state index in [9.17, 15) is 0 Å². The van der Waals surface area contributed by atoms with Crippen LogP contribution in [0.1, 0.15) is 30.5 Å². The molecule has 0 saturated heterocycles. The highest BCUT2D eigenvalue weighted by atomic mass is 32.2. The highest BCUT2D eigenvalue weighted by Crippen LogP contribution is 2.28. The topological polar surface area (TPSA) is 83.5 Å². The van der Waals surface area contributed by atoms with Gasteiger partial charge in [0.25, 0.3) is 0 Å². The molecular formula is C13H20N4OS. The Bertz CT molecular complexity index is 452. The van der Waals surface area contributed by atoms with Crippen molar-refractivity contribution in [1.29, 1.82) is 0 Å². The molecule has 1 fully saturated rings. The summed E-state index contributed by atoms with van der Waals surface area (Å²) in [6.45, 7) is 0.792. The number of pyridine rings is 1. The fraction of sp³-hybridized carbons (Fsp3) is 0.538. The SMILES string of the molecule is CSC1CCC(NCc2ccnc(/C(N)=N/O)c2)C1. The van der Waals surface area contributed by atoms with Crippen LogP contribution in [0.25, 0.3) is 0 Å². The lowest BCUT2D eigenvalue weighted by Gasteiger charge is -2.13. The van der Waals surface area contributed by atoms with Crippen LogP contribution in [-0.2, 0) is 6.54 Å². The highest BCUT2D eigenvalue weighted by molar-refractivity contribution is 7.99. The van der Waals surface area contributed by atoms with E-state index in [-0.39, 0.29) is 5.84 Å². The van der Waals surface area contributed by atoms with Gasteiger partial charge in [-0.2, -0.15) is 11.8 Å². The Morgan fingerprint density at radius 1 is 1.63 bits per heavy atom. The standard InChI is InChI=1S/C13H20N4OS/c1-19-11-3-2-10(7-11)16-8-9-4-5-15-12(6-9)13(14)17-18/h4-6,10-11,16,18H,2-3,7-8H2,1H3,(H2,14,17). The van der Waals surface area contributed by atoms with Gasteiger partial charge in [-0.25, -0.2) is 0 Å². The van der Waals surface area contributed by atoms with Gasteiger partial charge in [-0.3, -0.25) is 4.98 Å². The van der Waals surface area contributed by atoms with Gasteiger partial charge in [0.05, 0.1) is 0 Å². The van der Waals surface area contributed by atoms with E-state index in [1.807, 2.05) is 23.9 Å². The Balaban J connectivity index is 1.90. The number of amidine groups is 1. The first-order valence-electron chi connectivity index (χ1n) is 6.42. The lowest BCUT2D eigenvalue weighted by molar-refractivity contribution is 0.318. The maximum Gasteiger partial charge on any atom is 0.188 e. The lowest BCUT2D eigenvalue weighted by Crippen LogP contribution is -2.26. The van der Waals surface area contributed by atoms with Gasteiger partial charge >= 0.3 is 0 Å². The summed E-state index contributed by atoms with van der Waals surface area (Å²) >= 11 is 1.96. The van der Waals surface area contributed by atoms with E-state index in [4.69, 9.17) is 10.9 Å². The number of thioether (sulfide) groups is 1. The molecule has 0 aliphatic heterocycles. The summed E-state index contributed by atoms with van der Waals surface area (Å²) in [7, 11) is 0. The van der Waals surface area contributed by atoms with E-state index >= 15 is 0 Å². The Morgan fingerprint density at radius 3 is 3.16 bits per heavy atom. The minimum Gasteiger partial charge on any atom is -0.409 e. The number of nitrogens with zero attached hydrogens (tertiary/aromatic N) is 2. The zero-order chi connectivity index (χ0) is 13.7. The van der Waals surface area contributed by atoms with Crippen LogP contribution in [0.2, 0.25) is 0 Å². The van der Waals surface area contributed by atoms with E-state index in [1.54, 1.807) is 6.20 Å². The van der Waals surface area contributed by atoms with Gasteiger partial charge in [-0.15, -0.1) is 0 Å². The van der Waals surface area contributed by atoms with Gasteiger partial charge in [0, 0.05) is 24.0 Å². The first-order valence-corrected chi connectivity index (χ1v) is 7.70. The Morgan fingerprint density at radius 2 is 2.47 bits per heavy atom. The molecule has 0 bridgehead atoms. The number of oxime groups is 1. The Hall–Kier alpha value is -1.27. The zero-order valence-corrected chi connectivity index (χ0v) is 11.9. The van der Waals surface area contributed by atoms with Crippen molar-refractivity contribution in [3.05, 3.63) is 29.6 Å².